The average Bonchev–Trinajstić information content (AvgIpc) is 2.87. The topological polar surface area (TPSA) is 77.6 Å². The van der Waals surface area contributed by atoms with Gasteiger partial charge in [0.05, 0.1) is 12.2 Å². The van der Waals surface area contributed by atoms with E-state index in [1.165, 1.54) is 5.56 Å². The van der Waals surface area contributed by atoms with Crippen LogP contribution < -0.4 is 15.5 Å². The van der Waals surface area contributed by atoms with Crippen LogP contribution in [0.2, 0.25) is 0 Å². The van der Waals surface area contributed by atoms with Crippen LogP contribution in [0.1, 0.15) is 28.8 Å². The summed E-state index contributed by atoms with van der Waals surface area (Å²) in [5.74, 6) is 0.598. The number of benzene rings is 2. The number of pyridine rings is 1. The lowest BCUT2D eigenvalue weighted by atomic mass is 10.0. The molecule has 184 valence electrons. The Hall–Kier alpha value is -3.71. The minimum atomic E-state index is -0.0591. The van der Waals surface area contributed by atoms with Gasteiger partial charge in [0.25, 0.3) is 5.91 Å². The molecule has 7 nitrogen and oxygen atoms in total. The van der Waals surface area contributed by atoms with E-state index in [1.54, 1.807) is 6.20 Å². The molecular weight excluding hydrogens is 438 g/mol. The third-order valence-corrected chi connectivity index (χ3v) is 5.69. The van der Waals surface area contributed by atoms with Crippen LogP contribution in [0.3, 0.4) is 0 Å². The van der Waals surface area contributed by atoms with Gasteiger partial charge in [-0.1, -0.05) is 42.5 Å². The molecule has 0 saturated heterocycles. The predicted molar refractivity (Wildman–Crippen MR) is 143 cm³/mol. The van der Waals surface area contributed by atoms with Crippen molar-refractivity contribution >= 4 is 23.7 Å². The Balaban J connectivity index is 1.72. The summed E-state index contributed by atoms with van der Waals surface area (Å²) in [7, 11) is 6.11. The molecule has 1 amide bonds. The van der Waals surface area contributed by atoms with Crippen LogP contribution in [0.5, 0.6) is 0 Å². The second kappa shape index (κ2) is 13.2. The third kappa shape index (κ3) is 7.93. The second-order valence-electron chi connectivity index (χ2n) is 8.82. The van der Waals surface area contributed by atoms with E-state index in [4.69, 9.17) is 0 Å². The number of hydrogen-bond donors (Lipinski definition) is 2. The summed E-state index contributed by atoms with van der Waals surface area (Å²) < 4.78 is 0. The average molecular weight is 474 g/mol. The Kier molecular flexibility index (Phi) is 9.80. The maximum Gasteiger partial charge on any atom is 0.251 e. The van der Waals surface area contributed by atoms with E-state index in [0.29, 0.717) is 24.5 Å². The van der Waals surface area contributed by atoms with Crippen LogP contribution in [-0.4, -0.2) is 62.9 Å². The van der Waals surface area contributed by atoms with Gasteiger partial charge in [-0.25, -0.2) is 4.98 Å². The standard InChI is InChI=1S/C28H35N5O2/c1-32(2)17-8-7-15-30-28(35)24-13-11-23(12-14-24)25-19-26(27(31-20-25)29-16-18-34)33(3)21-22-9-5-4-6-10-22/h4-6,9-14,18-20H,7-8,15-17,21H2,1-3H3,(H,29,31)(H,30,35). The zero-order valence-electron chi connectivity index (χ0n) is 20.8. The number of nitrogens with zero attached hydrogens (tertiary/aromatic N) is 3. The normalized spacial score (nSPS) is 10.7. The highest BCUT2D eigenvalue weighted by Crippen LogP contribution is 2.30. The fourth-order valence-corrected chi connectivity index (χ4v) is 3.79. The molecular formula is C28H35N5O2. The molecule has 0 aliphatic carbocycles. The first-order chi connectivity index (χ1) is 17.0. The summed E-state index contributed by atoms with van der Waals surface area (Å²) >= 11 is 0. The molecule has 0 aliphatic heterocycles. The lowest BCUT2D eigenvalue weighted by molar-refractivity contribution is -0.106. The van der Waals surface area contributed by atoms with Crippen molar-refractivity contribution in [1.29, 1.82) is 0 Å². The lowest BCUT2D eigenvalue weighted by Crippen LogP contribution is -2.25. The van der Waals surface area contributed by atoms with Gasteiger partial charge in [0, 0.05) is 37.5 Å². The molecule has 0 spiro atoms. The van der Waals surface area contributed by atoms with Crippen LogP contribution in [0.4, 0.5) is 11.5 Å². The number of aldehydes is 1. The van der Waals surface area contributed by atoms with Gasteiger partial charge in [0.1, 0.15) is 12.1 Å². The summed E-state index contributed by atoms with van der Waals surface area (Å²) in [6.07, 6.45) is 4.62. The maximum absolute atomic E-state index is 12.5. The molecule has 2 N–H and O–H groups in total. The molecule has 1 heterocycles. The van der Waals surface area contributed by atoms with Gasteiger partial charge in [0.15, 0.2) is 0 Å². The Morgan fingerprint density at radius 1 is 0.971 bits per heavy atom. The van der Waals surface area contributed by atoms with Crippen LogP contribution in [0.15, 0.2) is 66.9 Å². The van der Waals surface area contributed by atoms with E-state index in [1.807, 2.05) is 49.5 Å². The van der Waals surface area contributed by atoms with Crippen LogP contribution in [-0.2, 0) is 11.3 Å². The molecule has 0 unspecified atom stereocenters. The van der Waals surface area contributed by atoms with E-state index in [0.717, 1.165) is 42.5 Å². The van der Waals surface area contributed by atoms with Crippen molar-refractivity contribution in [2.75, 3.05) is 51.0 Å². The van der Waals surface area contributed by atoms with Gasteiger partial charge < -0.3 is 25.2 Å². The van der Waals surface area contributed by atoms with Gasteiger partial charge in [-0.2, -0.15) is 0 Å². The first kappa shape index (κ1) is 25.9. The Morgan fingerprint density at radius 2 is 1.71 bits per heavy atom. The zero-order valence-corrected chi connectivity index (χ0v) is 20.8. The lowest BCUT2D eigenvalue weighted by Gasteiger charge is -2.23. The monoisotopic (exact) mass is 473 g/mol. The summed E-state index contributed by atoms with van der Waals surface area (Å²) in [6, 6.07) is 19.8. The van der Waals surface area contributed by atoms with Crippen molar-refractivity contribution < 1.29 is 9.59 Å². The minimum absolute atomic E-state index is 0.0591. The van der Waals surface area contributed by atoms with Crippen molar-refractivity contribution in [3.63, 3.8) is 0 Å². The van der Waals surface area contributed by atoms with Gasteiger partial charge in [-0.15, -0.1) is 0 Å². The Bertz CT molecular complexity index is 1080. The fraction of sp³-hybridized carbons (Fsp3) is 0.321. The van der Waals surface area contributed by atoms with Crippen molar-refractivity contribution in [1.82, 2.24) is 15.2 Å². The highest BCUT2D eigenvalue weighted by atomic mass is 16.1. The smallest absolute Gasteiger partial charge is 0.251 e. The molecule has 0 aliphatic rings. The van der Waals surface area contributed by atoms with E-state index in [9.17, 15) is 9.59 Å². The van der Waals surface area contributed by atoms with Gasteiger partial charge in [0.2, 0.25) is 0 Å². The summed E-state index contributed by atoms with van der Waals surface area (Å²) in [5.41, 5.74) is 4.62. The first-order valence-electron chi connectivity index (χ1n) is 11.9. The van der Waals surface area contributed by atoms with Crippen molar-refractivity contribution in [3.8, 4) is 11.1 Å². The van der Waals surface area contributed by atoms with E-state index in [2.05, 4.69) is 57.7 Å². The van der Waals surface area contributed by atoms with Gasteiger partial charge in [-0.3, -0.25) is 4.79 Å². The molecule has 35 heavy (non-hydrogen) atoms. The highest BCUT2D eigenvalue weighted by Gasteiger charge is 2.13. The minimum Gasteiger partial charge on any atom is -0.367 e. The first-order valence-corrected chi connectivity index (χ1v) is 11.9. The predicted octanol–water partition coefficient (Wildman–Crippen LogP) is 4.07. The molecule has 3 rings (SSSR count). The van der Waals surface area contributed by atoms with Gasteiger partial charge in [-0.05, 0) is 62.8 Å². The van der Waals surface area contributed by atoms with E-state index >= 15 is 0 Å². The third-order valence-electron chi connectivity index (χ3n) is 5.69. The molecule has 2 aromatic carbocycles. The molecule has 1 aromatic heterocycles. The van der Waals surface area contributed by atoms with Crippen molar-refractivity contribution in [2.45, 2.75) is 19.4 Å². The van der Waals surface area contributed by atoms with E-state index < -0.39 is 0 Å². The van der Waals surface area contributed by atoms with Crippen molar-refractivity contribution in [3.05, 3.63) is 78.0 Å². The SMILES string of the molecule is CN(C)CCCCNC(=O)c1ccc(-c2cnc(NCC=O)c(N(C)Cc3ccccc3)c2)cc1. The Morgan fingerprint density at radius 3 is 2.40 bits per heavy atom. The number of anilines is 2. The molecule has 7 heteroatoms. The van der Waals surface area contributed by atoms with Gasteiger partial charge >= 0.3 is 0 Å². The summed E-state index contributed by atoms with van der Waals surface area (Å²) in [6.45, 7) is 2.59. The summed E-state index contributed by atoms with van der Waals surface area (Å²) in [4.78, 5) is 32.2. The van der Waals surface area contributed by atoms with E-state index in [-0.39, 0.29) is 12.5 Å². The molecule has 0 radical (unpaired) electrons. The number of carbonyl (C=O) groups is 2. The quantitative estimate of drug-likeness (QED) is 0.288. The fourth-order valence-electron chi connectivity index (χ4n) is 3.79. The Labute approximate surface area is 208 Å². The number of nitrogens with one attached hydrogen (secondary N) is 2. The van der Waals surface area contributed by atoms with Crippen LogP contribution in [0, 0.1) is 0 Å². The number of carbonyl (C=O) groups excluding carboxylic acids is 2. The largest absolute Gasteiger partial charge is 0.367 e. The number of unbranched alkanes of at least 4 members (excludes halogenated alkanes) is 1. The van der Waals surface area contributed by atoms with Crippen LogP contribution >= 0.6 is 0 Å². The highest BCUT2D eigenvalue weighted by molar-refractivity contribution is 5.94. The molecule has 3 aromatic rings. The molecule has 0 atom stereocenters. The molecule has 0 saturated carbocycles. The summed E-state index contributed by atoms with van der Waals surface area (Å²) in [5, 5.41) is 6.08. The van der Waals surface area contributed by atoms with Crippen LogP contribution in [0.25, 0.3) is 11.1 Å². The van der Waals surface area contributed by atoms with Crippen molar-refractivity contribution in [2.24, 2.45) is 0 Å². The number of hydrogen-bond acceptors (Lipinski definition) is 6. The number of rotatable bonds is 13. The molecule has 0 bridgehead atoms. The number of aromatic nitrogens is 1. The zero-order chi connectivity index (χ0) is 25.0. The number of amides is 1. The maximum atomic E-state index is 12.5. The molecule has 0 fully saturated rings. The second-order valence-corrected chi connectivity index (χ2v) is 8.82.